The van der Waals surface area contributed by atoms with Crippen LogP contribution in [0.4, 0.5) is 13.2 Å². The molecule has 90 valence electrons. The van der Waals surface area contributed by atoms with Crippen LogP contribution in [-0.4, -0.2) is 4.98 Å². The second-order valence-corrected chi connectivity index (χ2v) is 4.20. The van der Waals surface area contributed by atoms with Crippen molar-refractivity contribution >= 4 is 0 Å². The van der Waals surface area contributed by atoms with Crippen molar-refractivity contribution in [3.8, 4) is 0 Å². The average Bonchev–Trinajstić information content (AvgIpc) is 2.27. The van der Waals surface area contributed by atoms with Gasteiger partial charge < -0.3 is 0 Å². The van der Waals surface area contributed by atoms with Crippen molar-refractivity contribution in [3.63, 3.8) is 0 Å². The minimum absolute atomic E-state index is 0.0862. The lowest BCUT2D eigenvalue weighted by atomic mass is 9.78. The molecule has 1 rings (SSSR count). The summed E-state index contributed by atoms with van der Waals surface area (Å²) in [5, 5.41) is 0. The lowest BCUT2D eigenvalue weighted by Gasteiger charge is -2.27. The number of hydrogen-bond donors (Lipinski definition) is 0. The van der Waals surface area contributed by atoms with E-state index in [1.165, 1.54) is 12.3 Å². The highest BCUT2D eigenvalue weighted by molar-refractivity contribution is 5.23. The Morgan fingerprint density at radius 3 is 2.00 bits per heavy atom. The normalized spacial score (nSPS) is 12.9. The molecular formula is C12H16F3N. The van der Waals surface area contributed by atoms with Crippen LogP contribution < -0.4 is 0 Å². The van der Waals surface area contributed by atoms with Gasteiger partial charge >= 0.3 is 6.18 Å². The van der Waals surface area contributed by atoms with Gasteiger partial charge in [0.25, 0.3) is 0 Å². The molecule has 1 heterocycles. The summed E-state index contributed by atoms with van der Waals surface area (Å²) in [4.78, 5) is 3.49. The molecule has 0 N–H and O–H groups in total. The standard InChI is InChI=1S/C12H16F3N/c1-4-11(3,5-2)9-6-7-10(16-8-9)12(13,14)15/h6-8H,4-5H2,1-3H3. The molecule has 0 unspecified atom stereocenters. The van der Waals surface area contributed by atoms with Crippen LogP contribution in [0.5, 0.6) is 0 Å². The molecule has 1 aromatic rings. The second kappa shape index (κ2) is 4.44. The monoisotopic (exact) mass is 231 g/mol. The van der Waals surface area contributed by atoms with E-state index in [1.807, 2.05) is 20.8 Å². The van der Waals surface area contributed by atoms with E-state index in [0.29, 0.717) is 0 Å². The van der Waals surface area contributed by atoms with Crippen molar-refractivity contribution in [2.24, 2.45) is 0 Å². The SMILES string of the molecule is CCC(C)(CC)c1ccc(C(F)(F)F)nc1. The summed E-state index contributed by atoms with van der Waals surface area (Å²) in [6, 6.07) is 2.59. The van der Waals surface area contributed by atoms with Crippen LogP contribution in [0.3, 0.4) is 0 Å². The lowest BCUT2D eigenvalue weighted by Crippen LogP contribution is -2.20. The molecule has 0 saturated heterocycles. The van der Waals surface area contributed by atoms with E-state index in [2.05, 4.69) is 4.98 Å². The van der Waals surface area contributed by atoms with Gasteiger partial charge in [0.05, 0.1) is 0 Å². The summed E-state index contributed by atoms with van der Waals surface area (Å²) < 4.78 is 37.0. The Morgan fingerprint density at radius 1 is 1.12 bits per heavy atom. The van der Waals surface area contributed by atoms with Gasteiger partial charge in [0.1, 0.15) is 5.69 Å². The Morgan fingerprint density at radius 2 is 1.69 bits per heavy atom. The number of halogens is 3. The molecule has 0 aliphatic rings. The minimum Gasteiger partial charge on any atom is -0.251 e. The molecule has 0 aliphatic carbocycles. The van der Waals surface area contributed by atoms with Crippen LogP contribution in [0.25, 0.3) is 0 Å². The van der Waals surface area contributed by atoms with Crippen LogP contribution in [0.2, 0.25) is 0 Å². The molecule has 0 aromatic carbocycles. The topological polar surface area (TPSA) is 12.9 Å². The van der Waals surface area contributed by atoms with Gasteiger partial charge in [0, 0.05) is 6.20 Å². The third-order valence-electron chi connectivity index (χ3n) is 3.31. The molecule has 1 aromatic heterocycles. The first-order valence-electron chi connectivity index (χ1n) is 5.37. The highest BCUT2D eigenvalue weighted by Gasteiger charge is 2.33. The van der Waals surface area contributed by atoms with Crippen molar-refractivity contribution in [2.75, 3.05) is 0 Å². The fraction of sp³-hybridized carbons (Fsp3) is 0.583. The number of aromatic nitrogens is 1. The van der Waals surface area contributed by atoms with Gasteiger partial charge in [-0.25, -0.2) is 0 Å². The van der Waals surface area contributed by atoms with E-state index in [0.717, 1.165) is 24.5 Å². The summed E-state index contributed by atoms with van der Waals surface area (Å²) in [6.07, 6.45) is -1.24. The van der Waals surface area contributed by atoms with Gasteiger partial charge in [-0.15, -0.1) is 0 Å². The maximum atomic E-state index is 12.3. The highest BCUT2D eigenvalue weighted by atomic mass is 19.4. The molecule has 0 bridgehead atoms. The van der Waals surface area contributed by atoms with Crippen LogP contribution >= 0.6 is 0 Å². The van der Waals surface area contributed by atoms with Crippen LogP contribution in [0, 0.1) is 0 Å². The maximum absolute atomic E-state index is 12.3. The molecule has 0 fully saturated rings. The smallest absolute Gasteiger partial charge is 0.251 e. The zero-order valence-electron chi connectivity index (χ0n) is 9.73. The van der Waals surface area contributed by atoms with E-state index in [9.17, 15) is 13.2 Å². The number of alkyl halides is 3. The first-order valence-corrected chi connectivity index (χ1v) is 5.37. The molecule has 0 amide bonds. The number of rotatable bonds is 3. The quantitative estimate of drug-likeness (QED) is 0.760. The summed E-state index contributed by atoms with van der Waals surface area (Å²) in [5.41, 5.74) is -0.0479. The number of pyridine rings is 1. The first-order chi connectivity index (χ1) is 7.33. The van der Waals surface area contributed by atoms with Gasteiger partial charge in [-0.1, -0.05) is 26.8 Å². The second-order valence-electron chi connectivity index (χ2n) is 4.20. The first kappa shape index (κ1) is 13.0. The summed E-state index contributed by atoms with van der Waals surface area (Å²) >= 11 is 0. The van der Waals surface area contributed by atoms with Crippen LogP contribution in [0.1, 0.15) is 44.9 Å². The van der Waals surface area contributed by atoms with E-state index in [-0.39, 0.29) is 5.41 Å². The Bertz CT molecular complexity index is 336. The van der Waals surface area contributed by atoms with Crippen molar-refractivity contribution in [3.05, 3.63) is 29.6 Å². The van der Waals surface area contributed by atoms with E-state index in [4.69, 9.17) is 0 Å². The fourth-order valence-electron chi connectivity index (χ4n) is 1.58. The van der Waals surface area contributed by atoms with E-state index >= 15 is 0 Å². The zero-order chi connectivity index (χ0) is 12.4. The van der Waals surface area contributed by atoms with Gasteiger partial charge in [-0.3, -0.25) is 4.98 Å². The Kier molecular flexibility index (Phi) is 3.61. The molecule has 0 radical (unpaired) electrons. The van der Waals surface area contributed by atoms with Gasteiger partial charge in [0.2, 0.25) is 0 Å². The summed E-state index contributed by atoms with van der Waals surface area (Å²) in [5.74, 6) is 0. The summed E-state index contributed by atoms with van der Waals surface area (Å²) in [7, 11) is 0. The Labute approximate surface area is 93.7 Å². The molecule has 0 atom stereocenters. The molecule has 16 heavy (non-hydrogen) atoms. The van der Waals surface area contributed by atoms with Crippen LogP contribution in [-0.2, 0) is 11.6 Å². The highest BCUT2D eigenvalue weighted by Crippen LogP contribution is 2.32. The van der Waals surface area contributed by atoms with Crippen molar-refractivity contribution in [1.29, 1.82) is 0 Å². The van der Waals surface area contributed by atoms with E-state index in [1.54, 1.807) is 0 Å². The third kappa shape index (κ3) is 2.54. The van der Waals surface area contributed by atoms with Gasteiger partial charge in [0.15, 0.2) is 0 Å². The molecule has 0 saturated carbocycles. The van der Waals surface area contributed by atoms with Crippen molar-refractivity contribution in [1.82, 2.24) is 4.98 Å². The molecule has 1 nitrogen and oxygen atoms in total. The fourth-order valence-corrected chi connectivity index (χ4v) is 1.58. The van der Waals surface area contributed by atoms with Crippen LogP contribution in [0.15, 0.2) is 18.3 Å². The predicted molar refractivity (Wildman–Crippen MR) is 57.2 cm³/mol. The van der Waals surface area contributed by atoms with Crippen molar-refractivity contribution < 1.29 is 13.2 Å². The maximum Gasteiger partial charge on any atom is 0.433 e. The zero-order valence-corrected chi connectivity index (χ0v) is 9.73. The average molecular weight is 231 g/mol. The van der Waals surface area contributed by atoms with Gasteiger partial charge in [-0.2, -0.15) is 13.2 Å². The number of nitrogens with zero attached hydrogens (tertiary/aromatic N) is 1. The molecule has 4 heteroatoms. The molecular weight excluding hydrogens is 215 g/mol. The lowest BCUT2D eigenvalue weighted by molar-refractivity contribution is -0.141. The summed E-state index contributed by atoms with van der Waals surface area (Å²) in [6.45, 7) is 6.10. The largest absolute Gasteiger partial charge is 0.433 e. The Balaban J connectivity index is 3.04. The van der Waals surface area contributed by atoms with E-state index < -0.39 is 11.9 Å². The Hall–Kier alpha value is -1.06. The predicted octanol–water partition coefficient (Wildman–Crippen LogP) is 4.18. The molecule has 0 spiro atoms. The minimum atomic E-state index is -4.35. The number of hydrogen-bond acceptors (Lipinski definition) is 1. The van der Waals surface area contributed by atoms with Crippen molar-refractivity contribution in [2.45, 2.75) is 45.2 Å². The molecule has 0 aliphatic heterocycles. The third-order valence-corrected chi connectivity index (χ3v) is 3.31. The van der Waals surface area contributed by atoms with Gasteiger partial charge in [-0.05, 0) is 29.9 Å².